The second kappa shape index (κ2) is 5.42. The lowest BCUT2D eigenvalue weighted by Gasteiger charge is -2.03. The van der Waals surface area contributed by atoms with Crippen LogP contribution in [-0.2, 0) is 14.3 Å². The molecule has 1 saturated heterocycles. The number of esters is 1. The molecule has 6 heteroatoms. The van der Waals surface area contributed by atoms with Gasteiger partial charge in [0.1, 0.15) is 6.10 Å². The number of hydrogen-bond donors (Lipinski definition) is 0. The van der Waals surface area contributed by atoms with Crippen molar-refractivity contribution in [2.24, 2.45) is 0 Å². The molecule has 1 heterocycles. The fourth-order valence-corrected chi connectivity index (χ4v) is 1.83. The Bertz CT molecular complexity index is 568. The molecule has 1 aliphatic rings. The van der Waals surface area contributed by atoms with Gasteiger partial charge in [0.05, 0.1) is 11.5 Å². The molecule has 1 aromatic carbocycles. The maximum atomic E-state index is 11.6. The van der Waals surface area contributed by atoms with Gasteiger partial charge in [-0.3, -0.25) is 10.1 Å². The second-order valence-corrected chi connectivity index (χ2v) is 4.58. The van der Waals surface area contributed by atoms with Crippen LogP contribution in [0.4, 0.5) is 5.69 Å². The molecule has 0 radical (unpaired) electrons. The minimum Gasteiger partial charge on any atom is -0.464 e. The lowest BCUT2D eigenvalue weighted by molar-refractivity contribution is -0.384. The number of hydrogen-bond acceptors (Lipinski definition) is 5. The van der Waals surface area contributed by atoms with Gasteiger partial charge >= 0.3 is 5.97 Å². The Morgan fingerprint density at radius 1 is 1.60 bits per heavy atom. The van der Waals surface area contributed by atoms with Crippen LogP contribution in [0.15, 0.2) is 30.3 Å². The highest BCUT2D eigenvalue weighted by atomic mass is 16.7. The first-order chi connectivity index (χ1) is 9.47. The number of rotatable bonds is 5. The Morgan fingerprint density at radius 2 is 2.35 bits per heavy atom. The van der Waals surface area contributed by atoms with Crippen LogP contribution in [-0.4, -0.2) is 29.2 Å². The van der Waals surface area contributed by atoms with Crippen molar-refractivity contribution in [3.63, 3.8) is 0 Å². The van der Waals surface area contributed by atoms with Crippen molar-refractivity contribution in [3.8, 4) is 0 Å². The number of carbonyl (C=O) groups is 1. The van der Waals surface area contributed by atoms with Crippen LogP contribution in [0.1, 0.15) is 19.4 Å². The van der Waals surface area contributed by atoms with Crippen molar-refractivity contribution in [2.45, 2.75) is 25.6 Å². The Labute approximate surface area is 116 Å². The van der Waals surface area contributed by atoms with E-state index in [0.717, 1.165) is 0 Å². The van der Waals surface area contributed by atoms with E-state index >= 15 is 0 Å². The molecule has 2 unspecified atom stereocenters. The zero-order valence-corrected chi connectivity index (χ0v) is 11.2. The number of nitrogens with zero attached hydrogens (tertiary/aromatic N) is 1. The van der Waals surface area contributed by atoms with E-state index in [0.29, 0.717) is 12.2 Å². The van der Waals surface area contributed by atoms with E-state index in [1.165, 1.54) is 12.1 Å². The highest BCUT2D eigenvalue weighted by Crippen LogP contribution is 2.38. The molecular formula is C14H15NO5. The summed E-state index contributed by atoms with van der Waals surface area (Å²) in [5.41, 5.74) is -0.231. The van der Waals surface area contributed by atoms with Gasteiger partial charge < -0.3 is 9.47 Å². The van der Waals surface area contributed by atoms with Crippen LogP contribution in [0.5, 0.6) is 0 Å². The van der Waals surface area contributed by atoms with Gasteiger partial charge in [-0.25, -0.2) is 4.79 Å². The third-order valence-electron chi connectivity index (χ3n) is 3.08. The average Bonchev–Trinajstić information content (AvgIpc) is 3.10. The number of non-ortho nitro benzene ring substituents is 1. The van der Waals surface area contributed by atoms with Crippen LogP contribution in [0, 0.1) is 10.1 Å². The quantitative estimate of drug-likeness (QED) is 0.357. The molecule has 2 rings (SSSR count). The minimum atomic E-state index is -0.937. The predicted octanol–water partition coefficient (Wildman–Crippen LogP) is 2.33. The number of carbonyl (C=O) groups excluding carboxylic acids is 1. The molecule has 0 N–H and O–H groups in total. The summed E-state index contributed by atoms with van der Waals surface area (Å²) >= 11 is 0. The zero-order valence-electron chi connectivity index (χ0n) is 11.2. The maximum absolute atomic E-state index is 11.6. The average molecular weight is 277 g/mol. The zero-order chi connectivity index (χ0) is 14.8. The Balaban J connectivity index is 2.03. The predicted molar refractivity (Wildman–Crippen MR) is 72.0 cm³/mol. The van der Waals surface area contributed by atoms with E-state index in [2.05, 4.69) is 0 Å². The largest absolute Gasteiger partial charge is 0.464 e. The van der Waals surface area contributed by atoms with Crippen molar-refractivity contribution in [1.82, 2.24) is 0 Å². The second-order valence-electron chi connectivity index (χ2n) is 4.58. The highest BCUT2D eigenvalue weighted by molar-refractivity contribution is 5.83. The topological polar surface area (TPSA) is 82.0 Å². The summed E-state index contributed by atoms with van der Waals surface area (Å²) in [6.45, 7) is 3.70. The van der Waals surface area contributed by atoms with Crippen molar-refractivity contribution in [1.29, 1.82) is 0 Å². The number of nitro benzene ring substituents is 1. The van der Waals surface area contributed by atoms with Gasteiger partial charge in [-0.2, -0.15) is 0 Å². The van der Waals surface area contributed by atoms with Crippen molar-refractivity contribution >= 4 is 17.7 Å². The summed E-state index contributed by atoms with van der Waals surface area (Å²) in [5.74, 6) is -0.395. The van der Waals surface area contributed by atoms with Gasteiger partial charge in [-0.05, 0) is 19.4 Å². The van der Waals surface area contributed by atoms with Gasteiger partial charge in [-0.15, -0.1) is 0 Å². The summed E-state index contributed by atoms with van der Waals surface area (Å²) in [6, 6.07) is 6.23. The SMILES string of the molecule is CCOC(=O)C1(C)OC1C=Cc1cccc([N+](=O)[O-])c1. The van der Waals surface area contributed by atoms with Crippen LogP contribution in [0.25, 0.3) is 6.08 Å². The fraction of sp³-hybridized carbons (Fsp3) is 0.357. The van der Waals surface area contributed by atoms with E-state index in [-0.39, 0.29) is 11.8 Å². The molecule has 0 saturated carbocycles. The molecule has 2 atom stereocenters. The van der Waals surface area contributed by atoms with Crippen LogP contribution >= 0.6 is 0 Å². The molecule has 1 fully saturated rings. The third kappa shape index (κ3) is 2.85. The normalized spacial score (nSPS) is 24.6. The van der Waals surface area contributed by atoms with Gasteiger partial charge in [0.15, 0.2) is 5.60 Å². The molecule has 0 spiro atoms. The van der Waals surface area contributed by atoms with Gasteiger partial charge in [0, 0.05) is 12.1 Å². The summed E-state index contributed by atoms with van der Waals surface area (Å²) in [7, 11) is 0. The smallest absolute Gasteiger partial charge is 0.341 e. The lowest BCUT2D eigenvalue weighted by Crippen LogP contribution is -2.25. The molecule has 0 bridgehead atoms. The number of benzene rings is 1. The molecule has 1 aromatic rings. The summed E-state index contributed by atoms with van der Waals surface area (Å²) in [5, 5.41) is 10.7. The van der Waals surface area contributed by atoms with Crippen LogP contribution < -0.4 is 0 Å². The first kappa shape index (κ1) is 14.2. The Kier molecular flexibility index (Phi) is 3.85. The monoisotopic (exact) mass is 277 g/mol. The van der Waals surface area contributed by atoms with E-state index in [4.69, 9.17) is 9.47 Å². The minimum absolute atomic E-state index is 0.0250. The standard InChI is InChI=1S/C14H15NO5/c1-3-19-13(16)14(2)12(20-14)8-7-10-5-4-6-11(9-10)15(17)18/h4-9,12H,3H2,1-2H3. The number of epoxide rings is 1. The molecule has 6 nitrogen and oxygen atoms in total. The molecular weight excluding hydrogens is 262 g/mol. The Hall–Kier alpha value is -2.21. The van der Waals surface area contributed by atoms with E-state index in [1.54, 1.807) is 38.1 Å². The van der Waals surface area contributed by atoms with Gasteiger partial charge in [-0.1, -0.05) is 24.3 Å². The summed E-state index contributed by atoms with van der Waals surface area (Å²) in [4.78, 5) is 21.8. The van der Waals surface area contributed by atoms with Gasteiger partial charge in [0.2, 0.25) is 0 Å². The summed E-state index contributed by atoms with van der Waals surface area (Å²) < 4.78 is 10.2. The first-order valence-corrected chi connectivity index (χ1v) is 6.25. The third-order valence-corrected chi connectivity index (χ3v) is 3.08. The lowest BCUT2D eigenvalue weighted by atomic mass is 10.1. The number of ether oxygens (including phenoxy) is 2. The molecule has 20 heavy (non-hydrogen) atoms. The van der Waals surface area contributed by atoms with Crippen LogP contribution in [0.2, 0.25) is 0 Å². The first-order valence-electron chi connectivity index (χ1n) is 6.25. The van der Waals surface area contributed by atoms with E-state index in [9.17, 15) is 14.9 Å². The molecule has 0 amide bonds. The molecule has 106 valence electrons. The molecule has 0 aliphatic carbocycles. The number of nitro groups is 1. The van der Waals surface area contributed by atoms with E-state index < -0.39 is 16.5 Å². The van der Waals surface area contributed by atoms with Crippen molar-refractivity contribution in [3.05, 3.63) is 46.0 Å². The summed E-state index contributed by atoms with van der Waals surface area (Å²) in [6.07, 6.45) is 3.04. The van der Waals surface area contributed by atoms with E-state index in [1.807, 2.05) is 0 Å². The highest BCUT2D eigenvalue weighted by Gasteiger charge is 2.58. The van der Waals surface area contributed by atoms with Crippen LogP contribution in [0.3, 0.4) is 0 Å². The van der Waals surface area contributed by atoms with Crippen molar-refractivity contribution in [2.75, 3.05) is 6.61 Å². The maximum Gasteiger partial charge on any atom is 0.341 e. The Morgan fingerprint density at radius 3 is 3.00 bits per heavy atom. The molecule has 1 aliphatic heterocycles. The van der Waals surface area contributed by atoms with Gasteiger partial charge in [0.25, 0.3) is 5.69 Å². The fourth-order valence-electron chi connectivity index (χ4n) is 1.83. The molecule has 0 aromatic heterocycles. The van der Waals surface area contributed by atoms with Crippen molar-refractivity contribution < 1.29 is 19.2 Å².